The van der Waals surface area contributed by atoms with Crippen LogP contribution in [-0.4, -0.2) is 25.9 Å². The third kappa shape index (κ3) is 4.51. The van der Waals surface area contributed by atoms with Gasteiger partial charge in [-0.1, -0.05) is 48.2 Å². The molecule has 0 aliphatic rings. The highest BCUT2D eigenvalue weighted by Gasteiger charge is 2.21. The second-order valence-corrected chi connectivity index (χ2v) is 7.26. The minimum absolute atomic E-state index is 0.447. The molecule has 0 radical (unpaired) electrons. The highest BCUT2D eigenvalue weighted by Crippen LogP contribution is 2.25. The molecule has 0 aliphatic heterocycles. The number of rotatable bonds is 6. The number of nitrogens with one attached hydrogen (secondary N) is 1. The number of amides is 1. The third-order valence-corrected chi connectivity index (χ3v) is 5.03. The molecule has 27 heavy (non-hydrogen) atoms. The SMILES string of the molecule is Cc1nnc(SC(C)C(=O)Nc2c(F)cccc2F)n1Cc1ccccc1. The second kappa shape index (κ2) is 8.30. The Morgan fingerprint density at radius 2 is 1.78 bits per heavy atom. The number of carbonyl (C=O) groups is 1. The van der Waals surface area contributed by atoms with E-state index in [0.29, 0.717) is 17.5 Å². The van der Waals surface area contributed by atoms with Crippen LogP contribution in [0.1, 0.15) is 18.3 Å². The van der Waals surface area contributed by atoms with Crippen molar-refractivity contribution in [3.8, 4) is 0 Å². The van der Waals surface area contributed by atoms with Crippen LogP contribution in [0, 0.1) is 18.6 Å². The van der Waals surface area contributed by atoms with Crippen LogP contribution in [0.2, 0.25) is 0 Å². The lowest BCUT2D eigenvalue weighted by molar-refractivity contribution is -0.115. The van der Waals surface area contributed by atoms with Crippen LogP contribution in [0.5, 0.6) is 0 Å². The molecule has 0 spiro atoms. The van der Waals surface area contributed by atoms with E-state index in [9.17, 15) is 13.6 Å². The van der Waals surface area contributed by atoms with Crippen LogP contribution in [0.25, 0.3) is 0 Å². The molecule has 1 amide bonds. The average Bonchev–Trinajstić information content (AvgIpc) is 2.99. The van der Waals surface area contributed by atoms with Crippen LogP contribution >= 0.6 is 11.8 Å². The zero-order valence-electron chi connectivity index (χ0n) is 14.8. The van der Waals surface area contributed by atoms with Gasteiger partial charge in [0.2, 0.25) is 5.91 Å². The molecule has 0 saturated carbocycles. The van der Waals surface area contributed by atoms with Gasteiger partial charge in [0.15, 0.2) is 5.16 Å². The van der Waals surface area contributed by atoms with Gasteiger partial charge in [0.05, 0.1) is 11.8 Å². The van der Waals surface area contributed by atoms with Gasteiger partial charge in [-0.3, -0.25) is 4.79 Å². The van der Waals surface area contributed by atoms with E-state index < -0.39 is 28.5 Å². The van der Waals surface area contributed by atoms with Crippen LogP contribution in [0.15, 0.2) is 53.7 Å². The molecule has 2 aromatic carbocycles. The van der Waals surface area contributed by atoms with Crippen molar-refractivity contribution in [2.45, 2.75) is 30.8 Å². The maximum atomic E-state index is 13.7. The van der Waals surface area contributed by atoms with Gasteiger partial charge in [-0.2, -0.15) is 0 Å². The summed E-state index contributed by atoms with van der Waals surface area (Å²) < 4.78 is 29.3. The lowest BCUT2D eigenvalue weighted by Crippen LogP contribution is -2.24. The summed E-state index contributed by atoms with van der Waals surface area (Å²) in [5.41, 5.74) is 0.629. The minimum atomic E-state index is -0.816. The van der Waals surface area contributed by atoms with E-state index in [1.165, 1.54) is 17.8 Å². The molecule has 3 aromatic rings. The largest absolute Gasteiger partial charge is 0.320 e. The average molecular weight is 388 g/mol. The highest BCUT2D eigenvalue weighted by molar-refractivity contribution is 8.00. The van der Waals surface area contributed by atoms with E-state index >= 15 is 0 Å². The Kier molecular flexibility index (Phi) is 5.85. The first-order chi connectivity index (χ1) is 13.0. The first-order valence-corrected chi connectivity index (χ1v) is 9.19. The lowest BCUT2D eigenvalue weighted by Gasteiger charge is -2.14. The molecule has 0 saturated heterocycles. The highest BCUT2D eigenvalue weighted by atomic mass is 32.2. The van der Waals surface area contributed by atoms with Gasteiger partial charge in [-0.05, 0) is 31.5 Å². The molecule has 1 aromatic heterocycles. The summed E-state index contributed by atoms with van der Waals surface area (Å²) >= 11 is 1.18. The van der Waals surface area contributed by atoms with Crippen molar-refractivity contribution in [3.05, 3.63) is 71.6 Å². The molecular weight excluding hydrogens is 370 g/mol. The Labute approximate surface area is 159 Å². The third-order valence-electron chi connectivity index (χ3n) is 3.95. The summed E-state index contributed by atoms with van der Waals surface area (Å²) in [4.78, 5) is 12.4. The maximum Gasteiger partial charge on any atom is 0.237 e. The van der Waals surface area contributed by atoms with Crippen LogP contribution in [-0.2, 0) is 11.3 Å². The summed E-state index contributed by atoms with van der Waals surface area (Å²) in [6.45, 7) is 4.05. The van der Waals surface area contributed by atoms with Crippen molar-refractivity contribution < 1.29 is 13.6 Å². The molecule has 8 heteroatoms. The summed E-state index contributed by atoms with van der Waals surface area (Å²) in [7, 11) is 0. The van der Waals surface area contributed by atoms with Crippen molar-refractivity contribution in [1.29, 1.82) is 0 Å². The Balaban J connectivity index is 1.72. The Morgan fingerprint density at radius 3 is 2.44 bits per heavy atom. The van der Waals surface area contributed by atoms with Gasteiger partial charge in [0, 0.05) is 0 Å². The number of hydrogen-bond acceptors (Lipinski definition) is 4. The van der Waals surface area contributed by atoms with E-state index in [1.54, 1.807) is 6.92 Å². The normalized spacial score (nSPS) is 12.0. The van der Waals surface area contributed by atoms with Gasteiger partial charge in [-0.25, -0.2) is 8.78 Å². The van der Waals surface area contributed by atoms with Gasteiger partial charge in [-0.15, -0.1) is 10.2 Å². The van der Waals surface area contributed by atoms with Gasteiger partial charge >= 0.3 is 0 Å². The molecule has 0 fully saturated rings. The van der Waals surface area contributed by atoms with Crippen LogP contribution < -0.4 is 5.32 Å². The monoisotopic (exact) mass is 388 g/mol. The lowest BCUT2D eigenvalue weighted by atomic mass is 10.2. The molecule has 1 N–H and O–H groups in total. The van der Waals surface area contributed by atoms with E-state index in [1.807, 2.05) is 41.8 Å². The van der Waals surface area contributed by atoms with Crippen LogP contribution in [0.3, 0.4) is 0 Å². The van der Waals surface area contributed by atoms with E-state index in [0.717, 1.165) is 17.7 Å². The molecule has 1 unspecified atom stereocenters. The Bertz CT molecular complexity index is 926. The molecule has 0 bridgehead atoms. The maximum absolute atomic E-state index is 13.7. The van der Waals surface area contributed by atoms with Crippen molar-refractivity contribution >= 4 is 23.4 Å². The first kappa shape index (κ1) is 19.0. The van der Waals surface area contributed by atoms with Crippen molar-refractivity contribution in [2.75, 3.05) is 5.32 Å². The van der Waals surface area contributed by atoms with Crippen molar-refractivity contribution in [2.24, 2.45) is 0 Å². The number of para-hydroxylation sites is 1. The molecule has 3 rings (SSSR count). The van der Waals surface area contributed by atoms with Gasteiger partial charge in [0.25, 0.3) is 0 Å². The predicted octanol–water partition coefficient (Wildman–Crippen LogP) is 4.03. The Morgan fingerprint density at radius 1 is 1.11 bits per heavy atom. The second-order valence-electron chi connectivity index (χ2n) is 5.95. The number of benzene rings is 2. The minimum Gasteiger partial charge on any atom is -0.320 e. The number of thioether (sulfide) groups is 1. The predicted molar refractivity (Wildman–Crippen MR) is 101 cm³/mol. The van der Waals surface area contributed by atoms with Crippen molar-refractivity contribution in [1.82, 2.24) is 14.8 Å². The zero-order chi connectivity index (χ0) is 19.4. The topological polar surface area (TPSA) is 59.8 Å². The van der Waals surface area contributed by atoms with Crippen LogP contribution in [0.4, 0.5) is 14.5 Å². The molecule has 140 valence electrons. The number of halogens is 2. The summed E-state index contributed by atoms with van der Waals surface area (Å²) in [5, 5.41) is 10.4. The zero-order valence-corrected chi connectivity index (χ0v) is 15.6. The number of hydrogen-bond donors (Lipinski definition) is 1. The fourth-order valence-corrected chi connectivity index (χ4v) is 3.34. The fourth-order valence-electron chi connectivity index (χ4n) is 2.45. The van der Waals surface area contributed by atoms with E-state index in [2.05, 4.69) is 15.5 Å². The fraction of sp³-hybridized carbons (Fsp3) is 0.211. The summed E-state index contributed by atoms with van der Waals surface area (Å²) in [6, 6.07) is 13.2. The Hall–Kier alpha value is -2.74. The number of anilines is 1. The summed E-state index contributed by atoms with van der Waals surface area (Å²) in [5.74, 6) is -1.43. The summed E-state index contributed by atoms with van der Waals surface area (Å²) in [6.07, 6.45) is 0. The molecule has 5 nitrogen and oxygen atoms in total. The van der Waals surface area contributed by atoms with Crippen molar-refractivity contribution in [3.63, 3.8) is 0 Å². The number of aromatic nitrogens is 3. The van der Waals surface area contributed by atoms with Gasteiger partial charge < -0.3 is 9.88 Å². The smallest absolute Gasteiger partial charge is 0.237 e. The van der Waals surface area contributed by atoms with Gasteiger partial charge in [0.1, 0.15) is 23.1 Å². The molecule has 1 atom stereocenters. The number of nitrogens with zero attached hydrogens (tertiary/aromatic N) is 3. The van der Waals surface area contributed by atoms with E-state index in [-0.39, 0.29) is 0 Å². The molecule has 0 aliphatic carbocycles. The molecule has 1 heterocycles. The number of aryl methyl sites for hydroxylation is 1. The standard InChI is InChI=1S/C19H18F2N4OS/c1-12(18(26)22-17-15(20)9-6-10-16(17)21)27-19-24-23-13(2)25(19)11-14-7-4-3-5-8-14/h3-10,12H,11H2,1-2H3,(H,22,26). The number of carbonyl (C=O) groups excluding carboxylic acids is 1. The van der Waals surface area contributed by atoms with E-state index in [4.69, 9.17) is 0 Å². The first-order valence-electron chi connectivity index (χ1n) is 8.31. The molecular formula is C19H18F2N4OS. The quantitative estimate of drug-likeness (QED) is 0.648.